The summed E-state index contributed by atoms with van der Waals surface area (Å²) in [7, 11) is 4.11. The molecule has 1 unspecified atom stereocenters. The third-order valence-electron chi connectivity index (χ3n) is 5.10. The van der Waals surface area contributed by atoms with Crippen LogP contribution in [0.25, 0.3) is 0 Å². The van der Waals surface area contributed by atoms with Gasteiger partial charge in [-0.25, -0.2) is 0 Å². The molecule has 0 fully saturated rings. The van der Waals surface area contributed by atoms with Crippen molar-refractivity contribution in [2.24, 2.45) is 0 Å². The van der Waals surface area contributed by atoms with E-state index in [4.69, 9.17) is 4.74 Å². The van der Waals surface area contributed by atoms with Gasteiger partial charge >= 0.3 is 0 Å². The Morgan fingerprint density at radius 2 is 1.04 bits per heavy atom. The van der Waals surface area contributed by atoms with Gasteiger partial charge in [0.05, 0.1) is 20.7 Å². The fraction of sp³-hybridized carbons (Fsp3) is 1.00. The van der Waals surface area contributed by atoms with Gasteiger partial charge in [-0.05, 0) is 6.42 Å². The molecule has 27 heavy (non-hydrogen) atoms. The summed E-state index contributed by atoms with van der Waals surface area (Å²) in [6.45, 7) is 4.34. The third-order valence-corrected chi connectivity index (χ3v) is 5.10. The van der Waals surface area contributed by atoms with Crippen LogP contribution < -0.4 is 21.9 Å². The number of aliphatic hydroxyl groups excluding tert-OH is 1. The van der Waals surface area contributed by atoms with Crippen molar-refractivity contribution in [1.82, 2.24) is 0 Å². The minimum atomic E-state index is -0.318. The normalized spacial score (nSPS) is 12.3. The first-order chi connectivity index (χ1) is 12.7. The van der Waals surface area contributed by atoms with Gasteiger partial charge in [-0.2, -0.15) is 0 Å². The molecule has 0 spiro atoms. The lowest BCUT2D eigenvalue weighted by Gasteiger charge is -2.13. The molecule has 0 heterocycles. The maximum absolute atomic E-state index is 9.71. The standard InChI is InChI=1S/C23H49NO2.BrH/c1-4-5-6-7-8-9-10-11-12-13-14-15-16-17-18-19-20-26-22-23(25)21-24(2)3;/h23,25H,4-22H2,1-3H3;1H. The average Bonchev–Trinajstić information content (AvgIpc) is 2.60. The minimum absolute atomic E-state index is 0. The first kappa shape index (κ1) is 29.6. The van der Waals surface area contributed by atoms with E-state index >= 15 is 0 Å². The van der Waals surface area contributed by atoms with Crippen LogP contribution >= 0.6 is 0 Å². The quantitative estimate of drug-likeness (QED) is 0.260. The molecule has 0 amide bonds. The fourth-order valence-corrected chi connectivity index (χ4v) is 3.50. The molecule has 0 aliphatic carbocycles. The van der Waals surface area contributed by atoms with Crippen LogP contribution in [0.15, 0.2) is 0 Å². The summed E-state index contributed by atoms with van der Waals surface area (Å²) in [5.74, 6) is 0. The van der Waals surface area contributed by atoms with Gasteiger partial charge in [0.2, 0.25) is 0 Å². The molecule has 3 nitrogen and oxygen atoms in total. The van der Waals surface area contributed by atoms with E-state index in [-0.39, 0.29) is 23.1 Å². The lowest BCUT2D eigenvalue weighted by Crippen LogP contribution is -3.07. The molecule has 4 heteroatoms. The second-order valence-corrected chi connectivity index (χ2v) is 8.44. The summed E-state index contributed by atoms with van der Waals surface area (Å²) in [5.41, 5.74) is 0. The summed E-state index contributed by atoms with van der Waals surface area (Å²) >= 11 is 0. The molecule has 166 valence electrons. The van der Waals surface area contributed by atoms with Crippen molar-refractivity contribution < 1.29 is 31.7 Å². The predicted octanol–water partition coefficient (Wildman–Crippen LogP) is 1.77. The zero-order valence-corrected chi connectivity index (χ0v) is 20.3. The van der Waals surface area contributed by atoms with Gasteiger partial charge in [-0.1, -0.05) is 103 Å². The molecule has 0 bridgehead atoms. The Labute approximate surface area is 181 Å². The molecule has 0 aliphatic heterocycles. The van der Waals surface area contributed by atoms with Crippen molar-refractivity contribution >= 4 is 0 Å². The molecule has 0 radical (unpaired) electrons. The van der Waals surface area contributed by atoms with E-state index in [9.17, 15) is 5.11 Å². The van der Waals surface area contributed by atoms with Gasteiger partial charge in [0, 0.05) is 6.61 Å². The van der Waals surface area contributed by atoms with Crippen molar-refractivity contribution in [1.29, 1.82) is 0 Å². The zero-order chi connectivity index (χ0) is 19.3. The Morgan fingerprint density at radius 3 is 1.41 bits per heavy atom. The van der Waals surface area contributed by atoms with E-state index in [0.29, 0.717) is 6.61 Å². The summed E-state index contributed by atoms with van der Waals surface area (Å²) in [6.07, 6.45) is 22.0. The van der Waals surface area contributed by atoms with Gasteiger partial charge in [0.25, 0.3) is 0 Å². The van der Waals surface area contributed by atoms with E-state index in [2.05, 4.69) is 21.0 Å². The SMILES string of the molecule is CCCCCCCCCCCCCCCCCCOCC(O)C[NH+](C)C.[Br-]. The average molecular weight is 453 g/mol. The number of quaternary nitrogens is 1. The second-order valence-electron chi connectivity index (χ2n) is 8.44. The molecule has 0 rings (SSSR count). The highest BCUT2D eigenvalue weighted by Gasteiger charge is 2.07. The number of hydrogen-bond acceptors (Lipinski definition) is 2. The van der Waals surface area contributed by atoms with Crippen molar-refractivity contribution in [3.05, 3.63) is 0 Å². The molecule has 0 aromatic carbocycles. The summed E-state index contributed by atoms with van der Waals surface area (Å²) < 4.78 is 5.55. The van der Waals surface area contributed by atoms with Crippen LogP contribution in [-0.4, -0.2) is 45.1 Å². The Balaban J connectivity index is 0. The van der Waals surface area contributed by atoms with Crippen LogP contribution in [0.4, 0.5) is 0 Å². The number of unbranched alkanes of at least 4 members (excludes halogenated alkanes) is 15. The molecule has 0 saturated carbocycles. The number of nitrogens with one attached hydrogen (secondary N) is 1. The predicted molar refractivity (Wildman–Crippen MR) is 114 cm³/mol. The third kappa shape index (κ3) is 26.4. The van der Waals surface area contributed by atoms with E-state index in [1.165, 1.54) is 101 Å². The molecule has 1 atom stereocenters. The zero-order valence-electron chi connectivity index (χ0n) is 18.7. The second kappa shape index (κ2) is 24.4. The van der Waals surface area contributed by atoms with Gasteiger partial charge in [-0.3, -0.25) is 0 Å². The number of aliphatic hydroxyl groups is 1. The minimum Gasteiger partial charge on any atom is -1.00 e. The van der Waals surface area contributed by atoms with Gasteiger partial charge in [0.1, 0.15) is 12.6 Å². The monoisotopic (exact) mass is 451 g/mol. The van der Waals surface area contributed by atoms with Crippen molar-refractivity contribution in [2.45, 2.75) is 116 Å². The molecule has 0 aromatic rings. The van der Waals surface area contributed by atoms with E-state index in [1.807, 2.05) is 0 Å². The lowest BCUT2D eigenvalue weighted by molar-refractivity contribution is -0.861. The Hall–Kier alpha value is 0.360. The van der Waals surface area contributed by atoms with Crippen LogP contribution in [0.3, 0.4) is 0 Å². The molecule has 0 saturated heterocycles. The molecule has 0 aliphatic rings. The number of hydrogen-bond donors (Lipinski definition) is 2. The van der Waals surface area contributed by atoms with E-state index < -0.39 is 0 Å². The highest BCUT2D eigenvalue weighted by molar-refractivity contribution is 4.51. The number of ether oxygens (including phenoxy) is 1. The highest BCUT2D eigenvalue weighted by Crippen LogP contribution is 2.13. The van der Waals surface area contributed by atoms with Crippen LogP contribution in [0, 0.1) is 0 Å². The molecular weight excluding hydrogens is 402 g/mol. The fourth-order valence-electron chi connectivity index (χ4n) is 3.50. The summed E-state index contributed by atoms with van der Waals surface area (Å²) in [6, 6.07) is 0. The van der Waals surface area contributed by atoms with Gasteiger partial charge in [0.15, 0.2) is 0 Å². The largest absolute Gasteiger partial charge is 1.00 e. The maximum Gasteiger partial charge on any atom is 0.126 e. The Kier molecular flexibility index (Phi) is 26.7. The van der Waals surface area contributed by atoms with Crippen molar-refractivity contribution in [2.75, 3.05) is 33.9 Å². The summed E-state index contributed by atoms with van der Waals surface area (Å²) in [4.78, 5) is 1.27. The van der Waals surface area contributed by atoms with E-state index in [1.54, 1.807) is 0 Å². The van der Waals surface area contributed by atoms with Crippen molar-refractivity contribution in [3.8, 4) is 0 Å². The van der Waals surface area contributed by atoms with Crippen LogP contribution in [-0.2, 0) is 4.74 Å². The topological polar surface area (TPSA) is 33.9 Å². The lowest BCUT2D eigenvalue weighted by atomic mass is 10.0. The van der Waals surface area contributed by atoms with Gasteiger partial charge < -0.3 is 31.7 Å². The molecular formula is C23H50BrNO2. The molecule has 0 aromatic heterocycles. The Morgan fingerprint density at radius 1 is 0.667 bits per heavy atom. The first-order valence-corrected chi connectivity index (χ1v) is 11.7. The van der Waals surface area contributed by atoms with E-state index in [0.717, 1.165) is 19.6 Å². The number of rotatable bonds is 21. The first-order valence-electron chi connectivity index (χ1n) is 11.7. The number of halogens is 1. The Bertz CT molecular complexity index is 265. The van der Waals surface area contributed by atoms with Gasteiger partial charge in [-0.15, -0.1) is 0 Å². The number of likely N-dealkylation sites (N-methyl/N-ethyl adjacent to an activating group) is 1. The van der Waals surface area contributed by atoms with Crippen LogP contribution in [0.5, 0.6) is 0 Å². The smallest absolute Gasteiger partial charge is 0.126 e. The van der Waals surface area contributed by atoms with Crippen LogP contribution in [0.1, 0.15) is 110 Å². The highest BCUT2D eigenvalue weighted by atomic mass is 79.9. The molecule has 2 N–H and O–H groups in total. The van der Waals surface area contributed by atoms with Crippen molar-refractivity contribution in [3.63, 3.8) is 0 Å². The van der Waals surface area contributed by atoms with Crippen LogP contribution in [0.2, 0.25) is 0 Å². The maximum atomic E-state index is 9.71. The summed E-state index contributed by atoms with van der Waals surface area (Å²) in [5, 5.41) is 9.71.